The van der Waals surface area contributed by atoms with Crippen LogP contribution in [0.3, 0.4) is 0 Å². The van der Waals surface area contributed by atoms with Gasteiger partial charge in [0.05, 0.1) is 46.7 Å². The molecule has 0 aromatic heterocycles. The van der Waals surface area contributed by atoms with Gasteiger partial charge in [0.15, 0.2) is 0 Å². The minimum Gasteiger partial charge on any atom is -0.481 e. The van der Waals surface area contributed by atoms with Crippen LogP contribution in [-0.4, -0.2) is 103 Å². The summed E-state index contributed by atoms with van der Waals surface area (Å²) in [6.45, 7) is 11.7. The maximum atomic E-state index is 13.5. The molecule has 0 aliphatic carbocycles. The van der Waals surface area contributed by atoms with E-state index < -0.39 is 36.0 Å². The fourth-order valence-corrected chi connectivity index (χ4v) is 5.13. The van der Waals surface area contributed by atoms with Gasteiger partial charge in [0.1, 0.15) is 18.7 Å². The van der Waals surface area contributed by atoms with E-state index in [-0.39, 0.29) is 50.9 Å². The zero-order valence-electron chi connectivity index (χ0n) is 27.6. The van der Waals surface area contributed by atoms with Crippen molar-refractivity contribution in [3.05, 3.63) is 0 Å². The second-order valence-electron chi connectivity index (χ2n) is 12.4. The number of aliphatic hydroxyl groups excluding tert-OH is 1. The number of nitrogens with zero attached hydrogens (tertiary/aromatic N) is 2. The Morgan fingerprint density at radius 2 is 1.38 bits per heavy atom. The monoisotopic (exact) mass is 601 g/mol. The van der Waals surface area contributed by atoms with Crippen molar-refractivity contribution < 1.29 is 43.3 Å². The molecule has 42 heavy (non-hydrogen) atoms. The first-order chi connectivity index (χ1) is 19.8. The molecule has 1 amide bonds. The predicted octanol–water partition coefficient (Wildman–Crippen LogP) is 4.81. The Hall–Kier alpha value is -2.20. The Kier molecular flexibility index (Phi) is 21.2. The molecule has 0 saturated carbocycles. The number of esters is 2. The van der Waals surface area contributed by atoms with E-state index in [0.29, 0.717) is 24.0 Å². The molecule has 0 saturated heterocycles. The molecule has 2 N–H and O–H groups in total. The van der Waals surface area contributed by atoms with Crippen molar-refractivity contribution in [3.8, 4) is 0 Å². The number of rotatable bonds is 25. The van der Waals surface area contributed by atoms with Gasteiger partial charge in [-0.05, 0) is 31.6 Å². The number of carboxylic acid groups (broad SMARTS) is 1. The van der Waals surface area contributed by atoms with Gasteiger partial charge in [0.2, 0.25) is 5.91 Å². The zero-order valence-corrected chi connectivity index (χ0v) is 27.6. The summed E-state index contributed by atoms with van der Waals surface area (Å²) in [5.74, 6) is -2.46. The van der Waals surface area contributed by atoms with Crippen molar-refractivity contribution in [2.75, 3.05) is 46.9 Å². The van der Waals surface area contributed by atoms with Crippen LogP contribution in [-0.2, 0) is 28.7 Å². The minimum atomic E-state index is -1.20. The van der Waals surface area contributed by atoms with E-state index in [1.54, 1.807) is 6.92 Å². The molecule has 10 nitrogen and oxygen atoms in total. The fourth-order valence-electron chi connectivity index (χ4n) is 5.13. The molecule has 0 fully saturated rings. The van der Waals surface area contributed by atoms with E-state index in [1.807, 2.05) is 21.0 Å². The summed E-state index contributed by atoms with van der Waals surface area (Å²) in [6.07, 6.45) is 6.68. The molecule has 4 atom stereocenters. The molecule has 4 unspecified atom stereocenters. The Morgan fingerprint density at radius 1 is 0.833 bits per heavy atom. The molecule has 0 aromatic rings. The van der Waals surface area contributed by atoms with Crippen LogP contribution in [0.25, 0.3) is 0 Å². The lowest BCUT2D eigenvalue weighted by Crippen LogP contribution is -2.50. The number of amides is 1. The van der Waals surface area contributed by atoms with E-state index in [2.05, 4.69) is 20.8 Å². The quantitative estimate of drug-likeness (QED) is 0.113. The maximum Gasteiger partial charge on any atom is 0.329 e. The van der Waals surface area contributed by atoms with Gasteiger partial charge in [-0.1, -0.05) is 66.2 Å². The molecule has 10 heteroatoms. The lowest BCUT2D eigenvalue weighted by atomic mass is 10.0. The molecular formula is C32H61N2O8+. The number of unbranched alkanes of at least 4 members (excludes halogenated alkanes) is 2. The Bertz CT molecular complexity index is 786. The summed E-state index contributed by atoms with van der Waals surface area (Å²) in [7, 11) is 3.94. The minimum absolute atomic E-state index is 0.147. The Balaban J connectivity index is 5.94. The first-order valence-electron chi connectivity index (χ1n) is 16.1. The molecule has 0 aromatic carbocycles. The van der Waals surface area contributed by atoms with Crippen molar-refractivity contribution in [3.63, 3.8) is 0 Å². The number of quaternary nitrogens is 1. The summed E-state index contributed by atoms with van der Waals surface area (Å²) in [5, 5.41) is 19.0. The molecule has 0 bridgehead atoms. The highest BCUT2D eigenvalue weighted by Crippen LogP contribution is 2.18. The lowest BCUT2D eigenvalue weighted by Gasteiger charge is -2.34. The smallest absolute Gasteiger partial charge is 0.329 e. The summed E-state index contributed by atoms with van der Waals surface area (Å²) in [4.78, 5) is 52.5. The van der Waals surface area contributed by atoms with Crippen molar-refractivity contribution in [1.82, 2.24) is 4.90 Å². The summed E-state index contributed by atoms with van der Waals surface area (Å²) >= 11 is 0. The van der Waals surface area contributed by atoms with Crippen LogP contribution in [0.1, 0.15) is 112 Å². The van der Waals surface area contributed by atoms with Gasteiger partial charge in [-0.3, -0.25) is 14.4 Å². The van der Waals surface area contributed by atoms with Gasteiger partial charge in [-0.25, -0.2) is 4.79 Å². The average Bonchev–Trinajstić information content (AvgIpc) is 2.92. The van der Waals surface area contributed by atoms with E-state index in [0.717, 1.165) is 51.4 Å². The van der Waals surface area contributed by atoms with Crippen molar-refractivity contribution in [1.29, 1.82) is 0 Å². The van der Waals surface area contributed by atoms with Gasteiger partial charge < -0.3 is 29.1 Å². The first kappa shape index (κ1) is 39.8. The Morgan fingerprint density at radius 3 is 1.86 bits per heavy atom. The second kappa shape index (κ2) is 22.4. The fraction of sp³-hybridized carbons (Fsp3) is 0.875. The molecule has 0 rings (SSSR count). The molecule has 0 aliphatic heterocycles. The van der Waals surface area contributed by atoms with E-state index in [4.69, 9.17) is 9.47 Å². The van der Waals surface area contributed by atoms with Gasteiger partial charge >= 0.3 is 17.9 Å². The molecule has 0 spiro atoms. The van der Waals surface area contributed by atoms with Crippen molar-refractivity contribution in [2.45, 2.75) is 124 Å². The number of hydrogen-bond acceptors (Lipinski definition) is 7. The number of ether oxygens (including phenoxy) is 2. The van der Waals surface area contributed by atoms with E-state index in [1.165, 1.54) is 4.90 Å². The van der Waals surface area contributed by atoms with Crippen LogP contribution in [0.2, 0.25) is 0 Å². The number of carboxylic acids is 1. The molecule has 246 valence electrons. The van der Waals surface area contributed by atoms with Crippen LogP contribution in [0.4, 0.5) is 0 Å². The summed E-state index contributed by atoms with van der Waals surface area (Å²) < 4.78 is 11.8. The van der Waals surface area contributed by atoms with Crippen LogP contribution in [0.15, 0.2) is 0 Å². The van der Waals surface area contributed by atoms with E-state index >= 15 is 0 Å². The average molecular weight is 602 g/mol. The highest BCUT2D eigenvalue weighted by molar-refractivity contribution is 5.89. The van der Waals surface area contributed by atoms with Crippen LogP contribution < -0.4 is 0 Å². The molecular weight excluding hydrogens is 540 g/mol. The normalized spacial score (nSPS) is 14.5. The van der Waals surface area contributed by atoms with Gasteiger partial charge in [0.25, 0.3) is 0 Å². The highest BCUT2D eigenvalue weighted by Gasteiger charge is 2.34. The topological polar surface area (TPSA) is 130 Å². The predicted molar refractivity (Wildman–Crippen MR) is 164 cm³/mol. The van der Waals surface area contributed by atoms with Crippen molar-refractivity contribution >= 4 is 23.8 Å². The number of carbonyl (C=O) groups is 4. The lowest BCUT2D eigenvalue weighted by molar-refractivity contribution is -0.893. The van der Waals surface area contributed by atoms with Gasteiger partial charge in [-0.2, -0.15) is 0 Å². The van der Waals surface area contributed by atoms with Crippen LogP contribution in [0, 0.1) is 11.8 Å². The number of aliphatic carboxylic acids is 1. The largest absolute Gasteiger partial charge is 0.481 e. The molecule has 0 aliphatic rings. The SMILES string of the molecule is CCCCC(CC)COC(=O)CC(C(=O)OCC(CC)CCCC)N(CCC[N+](C)(C)CC(C)O)C(=O)CCC(=O)O. The maximum absolute atomic E-state index is 13.5. The molecule has 0 heterocycles. The number of carbonyl (C=O) groups excluding carboxylic acids is 3. The summed E-state index contributed by atoms with van der Waals surface area (Å²) in [6, 6.07) is -1.20. The zero-order chi connectivity index (χ0) is 32.1. The second-order valence-corrected chi connectivity index (χ2v) is 12.4. The highest BCUT2D eigenvalue weighted by atomic mass is 16.5. The number of likely N-dealkylation sites (N-methyl/N-ethyl adjacent to an activating group) is 1. The van der Waals surface area contributed by atoms with E-state index in [9.17, 15) is 29.4 Å². The van der Waals surface area contributed by atoms with Gasteiger partial charge in [0, 0.05) is 19.4 Å². The summed E-state index contributed by atoms with van der Waals surface area (Å²) in [5.41, 5.74) is 0. The third kappa shape index (κ3) is 18.4. The third-order valence-electron chi connectivity index (χ3n) is 7.83. The standard InChI is InChI=1S/C32H60N2O8/c1-8-12-15-26(10-3)23-41-31(39)21-28(32(40)42-24-27(11-4)16-13-9-2)33(29(36)17-18-30(37)38)19-14-20-34(6,7)22-25(5)35/h25-28,35H,8-24H2,1-7H3/p+1. The number of aliphatic hydroxyl groups is 1. The Labute approximate surface area is 254 Å². The van der Waals surface area contributed by atoms with Crippen LogP contribution in [0.5, 0.6) is 0 Å². The van der Waals surface area contributed by atoms with Crippen molar-refractivity contribution in [2.24, 2.45) is 11.8 Å². The van der Waals surface area contributed by atoms with Gasteiger partial charge in [-0.15, -0.1) is 0 Å². The first-order valence-corrected chi connectivity index (χ1v) is 16.1. The van der Waals surface area contributed by atoms with Crippen LogP contribution >= 0.6 is 0 Å². The molecule has 0 radical (unpaired) electrons. The third-order valence-corrected chi connectivity index (χ3v) is 7.83. The number of hydrogen-bond donors (Lipinski definition) is 2.